The van der Waals surface area contributed by atoms with Crippen molar-refractivity contribution < 1.29 is 34.3 Å². The van der Waals surface area contributed by atoms with E-state index in [0.29, 0.717) is 46.4 Å². The molecule has 0 spiro atoms. The number of carboxylic acid groups (broad SMARTS) is 1. The van der Waals surface area contributed by atoms with Crippen LogP contribution in [0, 0.1) is 25.2 Å². The number of aliphatic hydroxyl groups excluding tert-OH is 1. The van der Waals surface area contributed by atoms with E-state index in [1.165, 1.54) is 13.1 Å². The van der Waals surface area contributed by atoms with Gasteiger partial charge in [-0.2, -0.15) is 5.26 Å². The Bertz CT molecular complexity index is 2270. The molecule has 4 N–H and O–H groups in total. The molecule has 1 aromatic heterocycles. The number of pyridine rings is 1. The quantitative estimate of drug-likeness (QED) is 0.0658. The van der Waals surface area contributed by atoms with Gasteiger partial charge >= 0.3 is 5.97 Å². The first-order valence-corrected chi connectivity index (χ1v) is 19.6. The average molecular weight is 805 g/mol. The van der Waals surface area contributed by atoms with E-state index in [-0.39, 0.29) is 19.8 Å². The molecule has 0 amide bonds. The minimum Gasteiger partial charge on any atom is -0.493 e. The van der Waals surface area contributed by atoms with Crippen molar-refractivity contribution in [3.05, 3.63) is 141 Å². The van der Waals surface area contributed by atoms with E-state index in [0.717, 1.165) is 65.1 Å². The number of aliphatic carboxylic acids is 1. The van der Waals surface area contributed by atoms with Gasteiger partial charge in [-0.1, -0.05) is 72.3 Å². The summed E-state index contributed by atoms with van der Waals surface area (Å²) in [7, 11) is 0. The van der Waals surface area contributed by atoms with Crippen LogP contribution in [0.5, 0.6) is 17.2 Å². The number of likely N-dealkylation sites (tertiary alicyclic amines) is 1. The Morgan fingerprint density at radius 1 is 0.931 bits per heavy atom. The van der Waals surface area contributed by atoms with Crippen molar-refractivity contribution >= 4 is 17.6 Å². The maximum atomic E-state index is 11.8. The van der Waals surface area contributed by atoms with Gasteiger partial charge in [0.2, 0.25) is 0 Å². The van der Waals surface area contributed by atoms with Gasteiger partial charge in [-0.25, -0.2) is 0 Å². The Hall–Kier alpha value is -5.48. The lowest BCUT2D eigenvalue weighted by atomic mass is 9.93. The molecule has 1 saturated heterocycles. The maximum absolute atomic E-state index is 11.8. The van der Waals surface area contributed by atoms with Crippen molar-refractivity contribution in [3.8, 4) is 34.4 Å². The summed E-state index contributed by atoms with van der Waals surface area (Å²) < 4.78 is 18.8. The molecule has 2 atom stereocenters. The average Bonchev–Trinajstić information content (AvgIpc) is 3.63. The molecular formula is C46H49ClN4O7. The van der Waals surface area contributed by atoms with Gasteiger partial charge in [-0.3, -0.25) is 20.0 Å². The van der Waals surface area contributed by atoms with E-state index in [4.69, 9.17) is 25.8 Å². The summed E-state index contributed by atoms with van der Waals surface area (Å²) >= 11 is 6.76. The van der Waals surface area contributed by atoms with Crippen molar-refractivity contribution in [1.82, 2.24) is 15.2 Å². The van der Waals surface area contributed by atoms with Crippen LogP contribution in [0.15, 0.2) is 97.3 Å². The summed E-state index contributed by atoms with van der Waals surface area (Å²) in [6, 6.07) is 29.1. The number of ether oxygens (including phenoxy) is 3. The fourth-order valence-electron chi connectivity index (χ4n) is 7.10. The summed E-state index contributed by atoms with van der Waals surface area (Å²) in [5, 5.41) is 43.2. The molecule has 1 aliphatic heterocycles. The molecular weight excluding hydrogens is 756 g/mol. The summed E-state index contributed by atoms with van der Waals surface area (Å²) in [6.45, 7) is 8.05. The number of nitriles is 1. The summed E-state index contributed by atoms with van der Waals surface area (Å²) in [5.41, 5.74) is 5.30. The molecule has 12 heteroatoms. The first kappa shape index (κ1) is 42.1. The SMILES string of the molecule is Cc1c(COc2cc(OCc3cncc(C#N)c3)c(CN[C@@](C)(CO)C(=O)O)cc2Cl)cccc1-c1cccc(OCCCN2CCC(O)(c3ccccc3)C2)c1C. The van der Waals surface area contributed by atoms with Crippen molar-refractivity contribution in [2.45, 2.75) is 64.5 Å². The molecule has 0 radical (unpaired) electrons. The molecule has 1 unspecified atom stereocenters. The zero-order valence-corrected chi connectivity index (χ0v) is 33.8. The largest absolute Gasteiger partial charge is 0.493 e. The molecule has 302 valence electrons. The van der Waals surface area contributed by atoms with Gasteiger partial charge in [0.15, 0.2) is 0 Å². The maximum Gasteiger partial charge on any atom is 0.326 e. The molecule has 0 aliphatic carbocycles. The third-order valence-electron chi connectivity index (χ3n) is 10.8. The fraction of sp³-hybridized carbons (Fsp3) is 0.326. The summed E-state index contributed by atoms with van der Waals surface area (Å²) in [6.07, 6.45) is 4.61. The number of aromatic nitrogens is 1. The van der Waals surface area contributed by atoms with Crippen molar-refractivity contribution in [3.63, 3.8) is 0 Å². The second kappa shape index (κ2) is 18.9. The van der Waals surface area contributed by atoms with Crippen LogP contribution in [0.4, 0.5) is 0 Å². The summed E-state index contributed by atoms with van der Waals surface area (Å²) in [4.78, 5) is 18.3. The van der Waals surface area contributed by atoms with Crippen LogP contribution < -0.4 is 19.5 Å². The highest BCUT2D eigenvalue weighted by molar-refractivity contribution is 6.32. The Balaban J connectivity index is 1.13. The molecule has 5 aromatic rings. The molecule has 6 rings (SSSR count). The van der Waals surface area contributed by atoms with Gasteiger partial charge in [0.05, 0.1) is 23.8 Å². The predicted octanol–water partition coefficient (Wildman–Crippen LogP) is 7.34. The number of benzene rings is 4. The Labute approximate surface area is 344 Å². The Morgan fingerprint density at radius 2 is 1.67 bits per heavy atom. The number of hydrogen-bond acceptors (Lipinski definition) is 10. The Morgan fingerprint density at radius 3 is 2.41 bits per heavy atom. The van der Waals surface area contributed by atoms with Crippen LogP contribution in [-0.2, 0) is 30.2 Å². The highest BCUT2D eigenvalue weighted by atomic mass is 35.5. The van der Waals surface area contributed by atoms with Crippen LogP contribution >= 0.6 is 11.6 Å². The molecule has 0 bridgehead atoms. The minimum absolute atomic E-state index is 0.0238. The van der Waals surface area contributed by atoms with E-state index >= 15 is 0 Å². The number of aliphatic hydroxyl groups is 2. The van der Waals surface area contributed by atoms with Gasteiger partial charge in [0, 0.05) is 55.8 Å². The zero-order chi connectivity index (χ0) is 41.3. The smallest absolute Gasteiger partial charge is 0.326 e. The fourth-order valence-corrected chi connectivity index (χ4v) is 7.34. The lowest BCUT2D eigenvalue weighted by Crippen LogP contribution is -2.52. The van der Waals surface area contributed by atoms with E-state index in [1.54, 1.807) is 24.4 Å². The molecule has 2 heterocycles. The van der Waals surface area contributed by atoms with Crippen LogP contribution in [0.3, 0.4) is 0 Å². The van der Waals surface area contributed by atoms with Crippen molar-refractivity contribution in [2.24, 2.45) is 0 Å². The van der Waals surface area contributed by atoms with Gasteiger partial charge in [-0.15, -0.1) is 0 Å². The second-order valence-electron chi connectivity index (χ2n) is 15.0. The van der Waals surface area contributed by atoms with Gasteiger partial charge in [0.25, 0.3) is 0 Å². The number of hydrogen-bond donors (Lipinski definition) is 4. The molecule has 1 fully saturated rings. The van der Waals surface area contributed by atoms with E-state index in [1.807, 2.05) is 54.6 Å². The first-order valence-electron chi connectivity index (χ1n) is 19.3. The molecule has 1 aliphatic rings. The van der Waals surface area contributed by atoms with E-state index in [2.05, 4.69) is 47.3 Å². The third kappa shape index (κ3) is 9.96. The van der Waals surface area contributed by atoms with Crippen molar-refractivity contribution in [2.75, 3.05) is 32.8 Å². The van der Waals surface area contributed by atoms with Crippen LogP contribution in [0.25, 0.3) is 11.1 Å². The van der Waals surface area contributed by atoms with Gasteiger partial charge < -0.3 is 29.5 Å². The molecule has 4 aromatic carbocycles. The standard InChI is InChI=1S/C46H49ClN4O7/c1-31-35(28-58-43-22-42(57-27-34-20-33(23-48)24-49-25-34)36(21-40(43)47)26-50-45(3,30-52)44(53)54)10-7-13-38(31)39-14-8-15-41(32(39)2)56-19-9-17-51-18-16-46(55,29-51)37-11-5-4-6-12-37/h4-8,10-15,20-22,24-25,50,52,55H,9,16-19,26-30H2,1-3H3,(H,53,54)/t45-,46?/m0/s1. The van der Waals surface area contributed by atoms with Gasteiger partial charge in [-0.05, 0) is 85.2 Å². The highest BCUT2D eigenvalue weighted by Gasteiger charge is 2.37. The molecule has 58 heavy (non-hydrogen) atoms. The number of rotatable bonds is 18. The Kier molecular flexibility index (Phi) is 13.7. The van der Waals surface area contributed by atoms with Gasteiger partial charge in [0.1, 0.15) is 47.7 Å². The summed E-state index contributed by atoms with van der Waals surface area (Å²) in [5.74, 6) is 0.365. The number of halogens is 1. The second-order valence-corrected chi connectivity index (χ2v) is 15.4. The number of carboxylic acids is 1. The van der Waals surface area contributed by atoms with Crippen LogP contribution in [0.1, 0.15) is 58.7 Å². The van der Waals surface area contributed by atoms with Crippen LogP contribution in [-0.4, -0.2) is 69.6 Å². The lowest BCUT2D eigenvalue weighted by Gasteiger charge is -2.25. The number of β-amino-alcohol motifs (C(OH)–C–C–N with tert-alkyl or cyclic N) is 1. The molecule has 11 nitrogen and oxygen atoms in total. The third-order valence-corrected chi connectivity index (χ3v) is 11.1. The van der Waals surface area contributed by atoms with Crippen LogP contribution in [0.2, 0.25) is 5.02 Å². The normalized spacial score (nSPS) is 16.4. The zero-order valence-electron chi connectivity index (χ0n) is 33.0. The predicted molar refractivity (Wildman–Crippen MR) is 222 cm³/mol. The number of nitrogens with one attached hydrogen (secondary N) is 1. The van der Waals surface area contributed by atoms with Crippen molar-refractivity contribution in [1.29, 1.82) is 5.26 Å². The first-order chi connectivity index (χ1) is 27.9. The minimum atomic E-state index is -1.59. The van der Waals surface area contributed by atoms with E-state index in [9.17, 15) is 25.4 Å². The number of carbonyl (C=O) groups is 1. The molecule has 0 saturated carbocycles. The number of nitrogens with zero attached hydrogens (tertiary/aromatic N) is 3. The lowest BCUT2D eigenvalue weighted by molar-refractivity contribution is -0.145. The topological polar surface area (TPSA) is 157 Å². The highest BCUT2D eigenvalue weighted by Crippen LogP contribution is 2.37. The van der Waals surface area contributed by atoms with E-state index < -0.39 is 23.7 Å². The monoisotopic (exact) mass is 804 g/mol.